The maximum atomic E-state index is 5.54. The number of nitrogens with one attached hydrogen (secondary N) is 1. The molecule has 1 unspecified atom stereocenters. The molecule has 1 atom stereocenters. The molecular weight excluding hydrogens is 198 g/mol. The number of hydrogen-bond acceptors (Lipinski definition) is 2. The van der Waals surface area contributed by atoms with Crippen molar-refractivity contribution in [2.75, 3.05) is 13.2 Å². The van der Waals surface area contributed by atoms with Crippen molar-refractivity contribution in [2.45, 2.75) is 25.8 Å². The fraction of sp³-hybridized carbons (Fsp3) is 0.429. The summed E-state index contributed by atoms with van der Waals surface area (Å²) < 4.78 is 5.54. The zero-order valence-electron chi connectivity index (χ0n) is 9.83. The van der Waals surface area contributed by atoms with Crippen molar-refractivity contribution in [3.05, 3.63) is 42.0 Å². The standard InChI is InChI=1S/C14H19NO/c1-3-9-16-12-6-7-13-11(10-12)5-8-14(13)15-4-2/h3,6-7,10,14-15H,1,4-5,8-9H2,2H3. The van der Waals surface area contributed by atoms with E-state index in [1.807, 2.05) is 0 Å². The Bertz CT molecular complexity index is 373. The molecule has 2 rings (SSSR count). The average Bonchev–Trinajstić information content (AvgIpc) is 2.70. The minimum Gasteiger partial charge on any atom is -0.490 e. The van der Waals surface area contributed by atoms with Crippen molar-refractivity contribution < 1.29 is 4.74 Å². The zero-order valence-corrected chi connectivity index (χ0v) is 9.83. The van der Waals surface area contributed by atoms with E-state index < -0.39 is 0 Å². The van der Waals surface area contributed by atoms with E-state index in [2.05, 4.69) is 37.0 Å². The molecule has 0 saturated heterocycles. The summed E-state index contributed by atoms with van der Waals surface area (Å²) in [4.78, 5) is 0. The van der Waals surface area contributed by atoms with Crippen molar-refractivity contribution in [2.24, 2.45) is 0 Å². The SMILES string of the molecule is C=CCOc1ccc2c(c1)CCC2NCC. The lowest BCUT2D eigenvalue weighted by Gasteiger charge is -2.12. The largest absolute Gasteiger partial charge is 0.490 e. The Morgan fingerprint density at radius 3 is 3.19 bits per heavy atom. The van der Waals surface area contributed by atoms with Gasteiger partial charge in [-0.05, 0) is 42.6 Å². The molecule has 86 valence electrons. The lowest BCUT2D eigenvalue weighted by atomic mass is 10.1. The molecule has 1 aliphatic carbocycles. The van der Waals surface area contributed by atoms with Crippen LogP contribution in [0.5, 0.6) is 5.75 Å². The quantitative estimate of drug-likeness (QED) is 0.766. The van der Waals surface area contributed by atoms with Gasteiger partial charge in [0.15, 0.2) is 0 Å². The van der Waals surface area contributed by atoms with E-state index in [9.17, 15) is 0 Å². The predicted octanol–water partition coefficient (Wildman–Crippen LogP) is 2.85. The number of benzene rings is 1. The summed E-state index contributed by atoms with van der Waals surface area (Å²) in [6.07, 6.45) is 4.13. The van der Waals surface area contributed by atoms with Gasteiger partial charge >= 0.3 is 0 Å². The van der Waals surface area contributed by atoms with Gasteiger partial charge in [0, 0.05) is 6.04 Å². The third-order valence-corrected chi connectivity index (χ3v) is 3.01. The number of fused-ring (bicyclic) bond motifs is 1. The first-order chi connectivity index (χ1) is 7.85. The molecule has 0 radical (unpaired) electrons. The molecule has 0 aliphatic heterocycles. The van der Waals surface area contributed by atoms with E-state index in [1.54, 1.807) is 6.08 Å². The van der Waals surface area contributed by atoms with Crippen LogP contribution in [0.2, 0.25) is 0 Å². The maximum absolute atomic E-state index is 5.54. The van der Waals surface area contributed by atoms with Gasteiger partial charge in [0.2, 0.25) is 0 Å². The van der Waals surface area contributed by atoms with E-state index >= 15 is 0 Å². The summed E-state index contributed by atoms with van der Waals surface area (Å²) in [7, 11) is 0. The molecule has 0 aromatic heterocycles. The minimum atomic E-state index is 0.536. The third-order valence-electron chi connectivity index (χ3n) is 3.01. The highest BCUT2D eigenvalue weighted by Gasteiger charge is 2.21. The normalized spacial score (nSPS) is 18.2. The van der Waals surface area contributed by atoms with Gasteiger partial charge < -0.3 is 10.1 Å². The molecule has 16 heavy (non-hydrogen) atoms. The topological polar surface area (TPSA) is 21.3 Å². The van der Waals surface area contributed by atoms with Crippen LogP contribution in [0, 0.1) is 0 Å². The zero-order chi connectivity index (χ0) is 11.4. The highest BCUT2D eigenvalue weighted by atomic mass is 16.5. The second-order valence-electron chi connectivity index (χ2n) is 4.11. The number of hydrogen-bond donors (Lipinski definition) is 1. The highest BCUT2D eigenvalue weighted by molar-refractivity contribution is 5.40. The molecule has 1 N–H and O–H groups in total. The summed E-state index contributed by atoms with van der Waals surface area (Å²) >= 11 is 0. The summed E-state index contributed by atoms with van der Waals surface area (Å²) in [5, 5.41) is 3.51. The van der Waals surface area contributed by atoms with Crippen molar-refractivity contribution in [3.63, 3.8) is 0 Å². The molecule has 0 spiro atoms. The van der Waals surface area contributed by atoms with Crippen LogP contribution in [0.25, 0.3) is 0 Å². The Labute approximate surface area is 97.3 Å². The fourth-order valence-corrected chi connectivity index (χ4v) is 2.30. The van der Waals surface area contributed by atoms with Gasteiger partial charge in [-0.1, -0.05) is 25.6 Å². The highest BCUT2D eigenvalue weighted by Crippen LogP contribution is 2.33. The van der Waals surface area contributed by atoms with Crippen LogP contribution in [0.15, 0.2) is 30.9 Å². The van der Waals surface area contributed by atoms with E-state index in [0.29, 0.717) is 12.6 Å². The Hall–Kier alpha value is -1.28. The van der Waals surface area contributed by atoms with Gasteiger partial charge in [0.05, 0.1) is 0 Å². The van der Waals surface area contributed by atoms with Gasteiger partial charge in [0.25, 0.3) is 0 Å². The minimum absolute atomic E-state index is 0.536. The van der Waals surface area contributed by atoms with Crippen LogP contribution in [-0.2, 0) is 6.42 Å². The molecule has 0 saturated carbocycles. The summed E-state index contributed by atoms with van der Waals surface area (Å²) in [5.41, 5.74) is 2.86. The fourth-order valence-electron chi connectivity index (χ4n) is 2.30. The second-order valence-corrected chi connectivity index (χ2v) is 4.11. The smallest absolute Gasteiger partial charge is 0.120 e. The molecule has 0 fully saturated rings. The van der Waals surface area contributed by atoms with Gasteiger partial charge in [-0.15, -0.1) is 0 Å². The van der Waals surface area contributed by atoms with Crippen molar-refractivity contribution in [1.29, 1.82) is 0 Å². The monoisotopic (exact) mass is 217 g/mol. The first-order valence-corrected chi connectivity index (χ1v) is 5.95. The predicted molar refractivity (Wildman–Crippen MR) is 66.9 cm³/mol. The van der Waals surface area contributed by atoms with E-state index in [0.717, 1.165) is 18.7 Å². The van der Waals surface area contributed by atoms with Crippen LogP contribution in [0.3, 0.4) is 0 Å². The third kappa shape index (κ3) is 2.27. The number of ether oxygens (including phenoxy) is 1. The molecule has 2 nitrogen and oxygen atoms in total. The molecule has 1 aromatic rings. The Balaban J connectivity index is 2.12. The van der Waals surface area contributed by atoms with E-state index in [1.165, 1.54) is 17.5 Å². The van der Waals surface area contributed by atoms with Crippen LogP contribution >= 0.6 is 0 Å². The van der Waals surface area contributed by atoms with Crippen LogP contribution < -0.4 is 10.1 Å². The number of aryl methyl sites for hydroxylation is 1. The molecule has 1 aliphatic rings. The first kappa shape index (κ1) is 11.2. The van der Waals surface area contributed by atoms with Crippen LogP contribution in [0.4, 0.5) is 0 Å². The second kappa shape index (κ2) is 5.17. The summed E-state index contributed by atoms with van der Waals surface area (Å²) in [6, 6.07) is 6.94. The van der Waals surface area contributed by atoms with Gasteiger partial charge in [-0.25, -0.2) is 0 Å². The molecule has 0 amide bonds. The Morgan fingerprint density at radius 2 is 2.44 bits per heavy atom. The van der Waals surface area contributed by atoms with E-state index in [-0.39, 0.29) is 0 Å². The van der Waals surface area contributed by atoms with E-state index in [4.69, 9.17) is 4.74 Å². The lowest BCUT2D eigenvalue weighted by Crippen LogP contribution is -2.18. The molecule has 0 heterocycles. The van der Waals surface area contributed by atoms with Gasteiger partial charge in [-0.3, -0.25) is 0 Å². The maximum Gasteiger partial charge on any atom is 0.120 e. The molecule has 0 bridgehead atoms. The summed E-state index contributed by atoms with van der Waals surface area (Å²) in [6.45, 7) is 7.41. The first-order valence-electron chi connectivity index (χ1n) is 5.95. The molecule has 1 aromatic carbocycles. The van der Waals surface area contributed by atoms with Gasteiger partial charge in [-0.2, -0.15) is 0 Å². The summed E-state index contributed by atoms with van der Waals surface area (Å²) in [5.74, 6) is 0.954. The molecular formula is C14H19NO. The number of rotatable bonds is 5. The average molecular weight is 217 g/mol. The van der Waals surface area contributed by atoms with Crippen LogP contribution in [0.1, 0.15) is 30.5 Å². The lowest BCUT2D eigenvalue weighted by molar-refractivity contribution is 0.363. The Morgan fingerprint density at radius 1 is 1.56 bits per heavy atom. The molecule has 2 heteroatoms. The van der Waals surface area contributed by atoms with Crippen molar-refractivity contribution in [3.8, 4) is 5.75 Å². The van der Waals surface area contributed by atoms with Crippen molar-refractivity contribution in [1.82, 2.24) is 5.32 Å². The van der Waals surface area contributed by atoms with Crippen molar-refractivity contribution >= 4 is 0 Å². The van der Waals surface area contributed by atoms with Crippen LogP contribution in [-0.4, -0.2) is 13.2 Å². The Kier molecular flexibility index (Phi) is 3.62. The van der Waals surface area contributed by atoms with Gasteiger partial charge in [0.1, 0.15) is 12.4 Å².